The van der Waals surface area contributed by atoms with E-state index in [0.717, 1.165) is 37.2 Å². The molecule has 2 heterocycles. The Morgan fingerprint density at radius 3 is 2.84 bits per heavy atom. The van der Waals surface area contributed by atoms with Crippen LogP contribution in [0.4, 0.5) is 5.95 Å². The number of nitrogens with zero attached hydrogens (tertiary/aromatic N) is 2. The van der Waals surface area contributed by atoms with E-state index in [-0.39, 0.29) is 17.5 Å². The van der Waals surface area contributed by atoms with Crippen molar-refractivity contribution in [1.29, 1.82) is 0 Å². The van der Waals surface area contributed by atoms with Crippen molar-refractivity contribution in [3.05, 3.63) is 57.0 Å². The van der Waals surface area contributed by atoms with Crippen LogP contribution >= 0.6 is 0 Å². The number of anilines is 1. The summed E-state index contributed by atoms with van der Waals surface area (Å²) >= 11 is 0. The molecule has 0 radical (unpaired) electrons. The van der Waals surface area contributed by atoms with Crippen molar-refractivity contribution < 1.29 is 9.53 Å². The number of hydrogen-bond donors (Lipinski definition) is 2. The number of nitrogens with two attached hydrogens (primary N) is 1. The van der Waals surface area contributed by atoms with Gasteiger partial charge in [0, 0.05) is 26.1 Å². The van der Waals surface area contributed by atoms with Crippen molar-refractivity contribution in [2.45, 2.75) is 26.3 Å². The molecule has 0 unspecified atom stereocenters. The topological polar surface area (TPSA) is 101 Å². The van der Waals surface area contributed by atoms with Gasteiger partial charge in [-0.15, -0.1) is 0 Å². The van der Waals surface area contributed by atoms with Crippen LogP contribution in [-0.2, 0) is 24.1 Å². The first kappa shape index (κ1) is 17.2. The number of hydrogen-bond acceptors (Lipinski definition) is 6. The molecule has 0 bridgehead atoms. The molecule has 25 heavy (non-hydrogen) atoms. The van der Waals surface area contributed by atoms with Gasteiger partial charge in [-0.25, -0.2) is 9.78 Å². The van der Waals surface area contributed by atoms with Crippen LogP contribution in [0.1, 0.15) is 34.1 Å². The second-order valence-corrected chi connectivity index (χ2v) is 6.07. The maximum absolute atomic E-state index is 12.0. The lowest BCUT2D eigenvalue weighted by Crippen LogP contribution is -2.37. The van der Waals surface area contributed by atoms with Gasteiger partial charge in [0.1, 0.15) is 0 Å². The highest BCUT2D eigenvalue weighted by molar-refractivity contribution is 5.89. The number of esters is 1. The number of rotatable bonds is 5. The normalized spacial score (nSPS) is 14.1. The minimum atomic E-state index is -0.298. The fraction of sp³-hybridized carbons (Fsp3) is 0.389. The van der Waals surface area contributed by atoms with Gasteiger partial charge in [-0.1, -0.05) is 12.1 Å². The molecule has 0 aliphatic carbocycles. The van der Waals surface area contributed by atoms with E-state index in [0.29, 0.717) is 24.3 Å². The van der Waals surface area contributed by atoms with Gasteiger partial charge in [-0.3, -0.25) is 14.7 Å². The summed E-state index contributed by atoms with van der Waals surface area (Å²) in [5.74, 6) is -0.119. The third-order valence-electron chi connectivity index (χ3n) is 4.35. The average Bonchev–Trinajstić information content (AvgIpc) is 2.61. The highest BCUT2D eigenvalue weighted by Crippen LogP contribution is 2.15. The molecule has 3 N–H and O–H groups in total. The Kier molecular flexibility index (Phi) is 5.14. The first-order chi connectivity index (χ1) is 12.1. The van der Waals surface area contributed by atoms with Crippen LogP contribution in [0.25, 0.3) is 0 Å². The lowest BCUT2D eigenvalue weighted by Gasteiger charge is -2.27. The van der Waals surface area contributed by atoms with E-state index in [4.69, 9.17) is 10.5 Å². The second-order valence-electron chi connectivity index (χ2n) is 6.07. The largest absolute Gasteiger partial charge is 0.462 e. The van der Waals surface area contributed by atoms with Crippen molar-refractivity contribution in [2.75, 3.05) is 25.4 Å². The number of ether oxygens (including phenoxy) is 1. The third kappa shape index (κ3) is 4.06. The number of carbonyl (C=O) groups excluding carboxylic acids is 1. The van der Waals surface area contributed by atoms with Crippen LogP contribution in [0.15, 0.2) is 29.1 Å². The van der Waals surface area contributed by atoms with Gasteiger partial charge in [0.2, 0.25) is 5.95 Å². The van der Waals surface area contributed by atoms with Crippen LogP contribution < -0.4 is 11.3 Å². The standard InChI is InChI=1S/C18H22N4O3/c1-2-25-17(24)13-5-3-12(4-6-13)7-9-22-10-8-15-14(11-22)16(23)21-18(19)20-15/h3-6H,2,7-11H2,1H3,(H3,19,20,21,23). The van der Waals surface area contributed by atoms with Crippen molar-refractivity contribution in [1.82, 2.24) is 14.9 Å². The molecule has 1 aromatic heterocycles. The monoisotopic (exact) mass is 342 g/mol. The van der Waals surface area contributed by atoms with Gasteiger partial charge < -0.3 is 10.5 Å². The number of fused-ring (bicyclic) bond motifs is 1. The number of aromatic amines is 1. The molecular formula is C18H22N4O3. The van der Waals surface area contributed by atoms with E-state index in [1.54, 1.807) is 19.1 Å². The van der Waals surface area contributed by atoms with Gasteiger partial charge in [-0.2, -0.15) is 0 Å². The van der Waals surface area contributed by atoms with E-state index in [1.165, 1.54) is 0 Å². The predicted molar refractivity (Wildman–Crippen MR) is 94.4 cm³/mol. The summed E-state index contributed by atoms with van der Waals surface area (Å²) in [6, 6.07) is 7.46. The maximum atomic E-state index is 12.0. The number of nitrogens with one attached hydrogen (secondary N) is 1. The summed E-state index contributed by atoms with van der Waals surface area (Å²) in [6.45, 7) is 4.43. The highest BCUT2D eigenvalue weighted by atomic mass is 16.5. The molecule has 1 aliphatic rings. The summed E-state index contributed by atoms with van der Waals surface area (Å²) in [4.78, 5) is 32.7. The zero-order valence-corrected chi connectivity index (χ0v) is 14.2. The van der Waals surface area contributed by atoms with Crippen LogP contribution in [0.5, 0.6) is 0 Å². The van der Waals surface area contributed by atoms with E-state index in [1.807, 2.05) is 12.1 Å². The molecule has 0 amide bonds. The number of nitrogen functional groups attached to an aromatic ring is 1. The number of carbonyl (C=O) groups is 1. The predicted octanol–water partition coefficient (Wildman–Crippen LogP) is 1.13. The van der Waals surface area contributed by atoms with E-state index >= 15 is 0 Å². The van der Waals surface area contributed by atoms with Crippen LogP contribution in [0.2, 0.25) is 0 Å². The molecule has 7 nitrogen and oxygen atoms in total. The molecule has 3 rings (SSSR count). The zero-order chi connectivity index (χ0) is 17.8. The molecule has 0 spiro atoms. The molecule has 1 aliphatic heterocycles. The summed E-state index contributed by atoms with van der Waals surface area (Å²) in [7, 11) is 0. The molecule has 132 valence electrons. The smallest absolute Gasteiger partial charge is 0.338 e. The molecule has 0 saturated carbocycles. The Bertz CT molecular complexity index is 814. The van der Waals surface area contributed by atoms with Gasteiger partial charge in [-0.05, 0) is 31.0 Å². The Morgan fingerprint density at radius 2 is 2.12 bits per heavy atom. The Balaban J connectivity index is 1.59. The molecule has 7 heteroatoms. The van der Waals surface area contributed by atoms with E-state index in [9.17, 15) is 9.59 Å². The van der Waals surface area contributed by atoms with Gasteiger partial charge in [0.05, 0.1) is 23.4 Å². The maximum Gasteiger partial charge on any atom is 0.338 e. The first-order valence-corrected chi connectivity index (χ1v) is 8.42. The third-order valence-corrected chi connectivity index (χ3v) is 4.35. The van der Waals surface area contributed by atoms with Crippen LogP contribution in [0.3, 0.4) is 0 Å². The molecular weight excluding hydrogens is 320 g/mol. The highest BCUT2D eigenvalue weighted by Gasteiger charge is 2.20. The Morgan fingerprint density at radius 1 is 1.36 bits per heavy atom. The van der Waals surface area contributed by atoms with Crippen LogP contribution in [0, 0.1) is 0 Å². The summed E-state index contributed by atoms with van der Waals surface area (Å²) in [6.07, 6.45) is 1.57. The number of benzene rings is 1. The summed E-state index contributed by atoms with van der Waals surface area (Å²) < 4.78 is 4.98. The molecule has 0 fully saturated rings. The lowest BCUT2D eigenvalue weighted by atomic mass is 10.1. The van der Waals surface area contributed by atoms with E-state index < -0.39 is 0 Å². The van der Waals surface area contributed by atoms with Gasteiger partial charge >= 0.3 is 5.97 Å². The molecule has 2 aromatic rings. The average molecular weight is 342 g/mol. The quantitative estimate of drug-likeness (QED) is 0.790. The molecule has 0 atom stereocenters. The summed E-state index contributed by atoms with van der Waals surface area (Å²) in [5.41, 5.74) is 8.66. The van der Waals surface area contributed by atoms with Gasteiger partial charge in [0.15, 0.2) is 0 Å². The molecule has 0 saturated heterocycles. The van der Waals surface area contributed by atoms with Crippen LogP contribution in [-0.4, -0.2) is 40.5 Å². The minimum absolute atomic E-state index is 0.147. The fourth-order valence-corrected chi connectivity index (χ4v) is 3.00. The second kappa shape index (κ2) is 7.48. The first-order valence-electron chi connectivity index (χ1n) is 8.42. The SMILES string of the molecule is CCOC(=O)c1ccc(CCN2CCc3nc(N)[nH]c(=O)c3C2)cc1. The van der Waals surface area contributed by atoms with E-state index in [2.05, 4.69) is 14.9 Å². The Labute approximate surface area is 145 Å². The Hall–Kier alpha value is -2.67. The lowest BCUT2D eigenvalue weighted by molar-refractivity contribution is 0.0526. The van der Waals surface area contributed by atoms with Crippen molar-refractivity contribution in [3.8, 4) is 0 Å². The van der Waals surface area contributed by atoms with Crippen molar-refractivity contribution in [2.24, 2.45) is 0 Å². The molecule has 1 aromatic carbocycles. The van der Waals surface area contributed by atoms with Crippen molar-refractivity contribution in [3.63, 3.8) is 0 Å². The minimum Gasteiger partial charge on any atom is -0.462 e. The fourth-order valence-electron chi connectivity index (χ4n) is 3.00. The summed E-state index contributed by atoms with van der Waals surface area (Å²) in [5, 5.41) is 0. The number of aromatic nitrogens is 2. The van der Waals surface area contributed by atoms with Crippen molar-refractivity contribution >= 4 is 11.9 Å². The number of H-pyrrole nitrogens is 1. The zero-order valence-electron chi connectivity index (χ0n) is 14.2. The van der Waals surface area contributed by atoms with Gasteiger partial charge in [0.25, 0.3) is 5.56 Å².